The summed E-state index contributed by atoms with van der Waals surface area (Å²) in [6.45, 7) is 0. The van der Waals surface area contributed by atoms with Gasteiger partial charge >= 0.3 is 0 Å². The van der Waals surface area contributed by atoms with Crippen LogP contribution in [0.15, 0.2) is 79.1 Å². The molecule has 0 saturated heterocycles. The summed E-state index contributed by atoms with van der Waals surface area (Å²) in [4.78, 5) is 0. The van der Waals surface area contributed by atoms with Gasteiger partial charge in [0, 0.05) is 18.0 Å². The first-order valence-corrected chi connectivity index (χ1v) is 8.04. The van der Waals surface area contributed by atoms with Gasteiger partial charge in [-0.1, -0.05) is 24.3 Å². The van der Waals surface area contributed by atoms with Crippen molar-refractivity contribution in [2.24, 2.45) is 0 Å². The summed E-state index contributed by atoms with van der Waals surface area (Å²) in [6.07, 6.45) is 4.16. The Labute approximate surface area is 146 Å². The average Bonchev–Trinajstić information content (AvgIpc) is 3.16. The molecule has 3 nitrogen and oxygen atoms in total. The molecule has 0 aliphatic heterocycles. The van der Waals surface area contributed by atoms with Gasteiger partial charge in [0.1, 0.15) is 5.75 Å². The van der Waals surface area contributed by atoms with Gasteiger partial charge in [0.15, 0.2) is 0 Å². The fraction of sp³-hybridized carbons (Fsp3) is 0.0455. The quantitative estimate of drug-likeness (QED) is 0.522. The monoisotopic (exact) mass is 324 g/mol. The molecule has 0 radical (unpaired) electrons. The van der Waals surface area contributed by atoms with Gasteiger partial charge in [-0.25, -0.2) is 0 Å². The van der Waals surface area contributed by atoms with Crippen molar-refractivity contribution < 1.29 is 4.74 Å². The summed E-state index contributed by atoms with van der Waals surface area (Å²) < 4.78 is 7.36. The number of nitriles is 1. The Morgan fingerprint density at radius 2 is 1.72 bits per heavy atom. The number of fused-ring (bicyclic) bond motifs is 1. The fourth-order valence-corrected chi connectivity index (χ4v) is 3.08. The van der Waals surface area contributed by atoms with E-state index in [1.165, 1.54) is 0 Å². The molecular formula is C22H16N2O. The highest BCUT2D eigenvalue weighted by molar-refractivity contribution is 5.85. The minimum absolute atomic E-state index is 0.664. The number of nitrogens with zero attached hydrogens (tertiary/aromatic N) is 2. The molecule has 25 heavy (non-hydrogen) atoms. The first-order valence-electron chi connectivity index (χ1n) is 8.04. The number of rotatable bonds is 3. The van der Waals surface area contributed by atoms with Crippen LogP contribution in [-0.4, -0.2) is 11.5 Å². The van der Waals surface area contributed by atoms with Crippen LogP contribution in [0.5, 0.6) is 5.75 Å². The highest BCUT2D eigenvalue weighted by Crippen LogP contribution is 2.31. The number of benzene rings is 2. The second kappa shape index (κ2) is 6.18. The van der Waals surface area contributed by atoms with Crippen LogP contribution in [-0.2, 0) is 0 Å². The van der Waals surface area contributed by atoms with Crippen molar-refractivity contribution in [3.05, 3.63) is 84.7 Å². The summed E-state index contributed by atoms with van der Waals surface area (Å²) in [6, 6.07) is 24.3. The second-order valence-corrected chi connectivity index (χ2v) is 5.86. The van der Waals surface area contributed by atoms with Crippen molar-refractivity contribution in [1.29, 1.82) is 5.26 Å². The van der Waals surface area contributed by atoms with Crippen LogP contribution < -0.4 is 4.74 Å². The molecule has 0 aliphatic carbocycles. The molecule has 0 N–H and O–H groups in total. The lowest BCUT2D eigenvalue weighted by Gasteiger charge is -2.11. The van der Waals surface area contributed by atoms with E-state index in [1.807, 2.05) is 48.7 Å². The molecule has 2 aromatic carbocycles. The van der Waals surface area contributed by atoms with Crippen LogP contribution in [0.3, 0.4) is 0 Å². The standard InChI is InChI=1S/C22H16N2O/c1-25-20-9-7-17(8-10-20)19-13-21(22-6-3-11-24(22)15-19)18-5-2-4-16(12-18)14-23/h2-13,15H,1H3. The largest absolute Gasteiger partial charge is 0.497 e. The predicted octanol–water partition coefficient (Wildman–Crippen LogP) is 5.15. The number of aromatic nitrogens is 1. The van der Waals surface area contributed by atoms with E-state index >= 15 is 0 Å². The molecule has 0 spiro atoms. The van der Waals surface area contributed by atoms with Crippen molar-refractivity contribution in [3.8, 4) is 34.1 Å². The highest BCUT2D eigenvalue weighted by atomic mass is 16.5. The third-order valence-electron chi connectivity index (χ3n) is 4.36. The summed E-state index contributed by atoms with van der Waals surface area (Å²) in [7, 11) is 1.67. The van der Waals surface area contributed by atoms with E-state index in [2.05, 4.69) is 40.9 Å². The smallest absolute Gasteiger partial charge is 0.118 e. The van der Waals surface area contributed by atoms with Gasteiger partial charge in [0.2, 0.25) is 0 Å². The molecule has 0 atom stereocenters. The van der Waals surface area contributed by atoms with Gasteiger partial charge in [0.25, 0.3) is 0 Å². The van der Waals surface area contributed by atoms with Crippen molar-refractivity contribution in [2.45, 2.75) is 0 Å². The first-order chi connectivity index (χ1) is 12.3. The van der Waals surface area contributed by atoms with Gasteiger partial charge in [-0.15, -0.1) is 0 Å². The number of ether oxygens (including phenoxy) is 1. The molecular weight excluding hydrogens is 308 g/mol. The molecule has 0 amide bonds. The van der Waals surface area contributed by atoms with Crippen molar-refractivity contribution >= 4 is 5.52 Å². The molecule has 2 aromatic heterocycles. The normalized spacial score (nSPS) is 10.6. The molecule has 4 rings (SSSR count). The SMILES string of the molecule is COc1ccc(-c2cc(-c3cccc(C#N)c3)c3cccn3c2)cc1. The Balaban J connectivity index is 1.91. The minimum Gasteiger partial charge on any atom is -0.497 e. The molecule has 0 aliphatic rings. The molecule has 0 unspecified atom stereocenters. The molecule has 120 valence electrons. The average molecular weight is 324 g/mol. The topological polar surface area (TPSA) is 37.4 Å². The number of hydrogen-bond acceptors (Lipinski definition) is 2. The summed E-state index contributed by atoms with van der Waals surface area (Å²) in [5.74, 6) is 0.840. The maximum absolute atomic E-state index is 9.20. The van der Waals surface area contributed by atoms with E-state index in [4.69, 9.17) is 4.74 Å². The molecule has 0 bridgehead atoms. The van der Waals surface area contributed by atoms with E-state index in [-0.39, 0.29) is 0 Å². The van der Waals surface area contributed by atoms with Crippen LogP contribution >= 0.6 is 0 Å². The lowest BCUT2D eigenvalue weighted by Crippen LogP contribution is -1.91. The van der Waals surface area contributed by atoms with Crippen LogP contribution in [0, 0.1) is 11.3 Å². The van der Waals surface area contributed by atoms with E-state index in [1.54, 1.807) is 7.11 Å². The summed E-state index contributed by atoms with van der Waals surface area (Å²) in [5, 5.41) is 9.20. The van der Waals surface area contributed by atoms with Crippen LogP contribution in [0.2, 0.25) is 0 Å². The van der Waals surface area contributed by atoms with E-state index in [0.717, 1.165) is 33.5 Å². The summed E-state index contributed by atoms with van der Waals surface area (Å²) >= 11 is 0. The van der Waals surface area contributed by atoms with E-state index < -0.39 is 0 Å². The first kappa shape index (κ1) is 15.0. The zero-order chi connectivity index (χ0) is 17.2. The molecule has 0 fully saturated rings. The number of methoxy groups -OCH3 is 1. The van der Waals surface area contributed by atoms with Gasteiger partial charge in [-0.05, 0) is 59.2 Å². The Kier molecular flexibility index (Phi) is 3.72. The molecule has 3 heteroatoms. The maximum Gasteiger partial charge on any atom is 0.118 e. The zero-order valence-corrected chi connectivity index (χ0v) is 13.8. The third kappa shape index (κ3) is 2.75. The molecule has 4 aromatic rings. The van der Waals surface area contributed by atoms with Gasteiger partial charge in [0.05, 0.1) is 24.3 Å². The van der Waals surface area contributed by atoms with Crippen molar-refractivity contribution in [1.82, 2.24) is 4.40 Å². The minimum atomic E-state index is 0.664. The lowest BCUT2D eigenvalue weighted by atomic mass is 9.99. The second-order valence-electron chi connectivity index (χ2n) is 5.86. The number of hydrogen-bond donors (Lipinski definition) is 0. The van der Waals surface area contributed by atoms with E-state index in [0.29, 0.717) is 5.56 Å². The van der Waals surface area contributed by atoms with Crippen molar-refractivity contribution in [3.63, 3.8) is 0 Å². The fourth-order valence-electron chi connectivity index (χ4n) is 3.08. The lowest BCUT2D eigenvalue weighted by molar-refractivity contribution is 0.415. The zero-order valence-electron chi connectivity index (χ0n) is 13.8. The van der Waals surface area contributed by atoms with E-state index in [9.17, 15) is 5.26 Å². The number of pyridine rings is 1. The molecule has 2 heterocycles. The van der Waals surface area contributed by atoms with Gasteiger partial charge in [-0.3, -0.25) is 0 Å². The van der Waals surface area contributed by atoms with Crippen LogP contribution in [0.4, 0.5) is 0 Å². The Hall–Kier alpha value is -3.51. The van der Waals surface area contributed by atoms with Crippen molar-refractivity contribution in [2.75, 3.05) is 7.11 Å². The Morgan fingerprint density at radius 1 is 0.880 bits per heavy atom. The predicted molar refractivity (Wildman–Crippen MR) is 99.5 cm³/mol. The summed E-state index contributed by atoms with van der Waals surface area (Å²) in [5.41, 5.74) is 6.16. The highest BCUT2D eigenvalue weighted by Gasteiger charge is 2.09. The molecule has 0 saturated carbocycles. The third-order valence-corrected chi connectivity index (χ3v) is 4.36. The van der Waals surface area contributed by atoms with Crippen LogP contribution in [0.25, 0.3) is 27.8 Å². The maximum atomic E-state index is 9.20. The Bertz CT molecular complexity index is 1090. The van der Waals surface area contributed by atoms with Crippen LogP contribution in [0.1, 0.15) is 5.56 Å². The van der Waals surface area contributed by atoms with Gasteiger partial charge in [-0.2, -0.15) is 5.26 Å². The van der Waals surface area contributed by atoms with Gasteiger partial charge < -0.3 is 9.14 Å². The Morgan fingerprint density at radius 3 is 2.48 bits per heavy atom.